The smallest absolute Gasteiger partial charge is 0.369 e. The van der Waals surface area contributed by atoms with Crippen molar-refractivity contribution in [2.24, 2.45) is 0 Å². The molecule has 0 spiro atoms. The predicted octanol–water partition coefficient (Wildman–Crippen LogP) is 3.22. The van der Waals surface area contributed by atoms with Crippen LogP contribution < -0.4 is 0 Å². The van der Waals surface area contributed by atoms with Crippen LogP contribution in [0.2, 0.25) is 0 Å². The molecule has 0 aliphatic rings. The first-order valence-corrected chi connectivity index (χ1v) is 6.00. The summed E-state index contributed by atoms with van der Waals surface area (Å²) in [5.74, 6) is 0. The van der Waals surface area contributed by atoms with Gasteiger partial charge < -0.3 is 4.74 Å². The normalized spacial score (nSPS) is 12.4. The van der Waals surface area contributed by atoms with Crippen molar-refractivity contribution < 1.29 is 26.7 Å². The largest absolute Gasteiger partial charge is 0.390 e. The van der Waals surface area contributed by atoms with Crippen LogP contribution in [0.25, 0.3) is 0 Å². The molecule has 1 rings (SSSR count). The van der Waals surface area contributed by atoms with E-state index >= 15 is 0 Å². The van der Waals surface area contributed by atoms with E-state index in [1.165, 1.54) is 6.20 Å². The quantitative estimate of drug-likeness (QED) is 0.557. The molecule has 3 nitrogen and oxygen atoms in total. The number of halogens is 6. The van der Waals surface area contributed by atoms with Crippen molar-refractivity contribution in [3.05, 3.63) is 15.5 Å². The summed E-state index contributed by atoms with van der Waals surface area (Å²) < 4.78 is 66.0. The molecule has 1 aromatic rings. The lowest BCUT2D eigenvalue weighted by atomic mass is 10.4. The summed E-state index contributed by atoms with van der Waals surface area (Å²) in [5.41, 5.74) is 0.360. The zero-order valence-electron chi connectivity index (χ0n) is 9.05. The Morgan fingerprint density at radius 1 is 1.39 bits per heavy atom. The molecule has 0 fully saturated rings. The van der Waals surface area contributed by atoms with Gasteiger partial charge in [-0.25, -0.2) is 8.78 Å². The second-order valence-electron chi connectivity index (χ2n) is 3.46. The van der Waals surface area contributed by atoms with Gasteiger partial charge in [-0.1, -0.05) is 0 Å². The van der Waals surface area contributed by atoms with Crippen LogP contribution in [-0.2, 0) is 17.9 Å². The summed E-state index contributed by atoms with van der Waals surface area (Å²) >= 11 is 1.87. The third-order valence-electron chi connectivity index (χ3n) is 1.89. The summed E-state index contributed by atoms with van der Waals surface area (Å²) in [4.78, 5) is 0. The van der Waals surface area contributed by atoms with Gasteiger partial charge in [0, 0.05) is 12.7 Å². The third kappa shape index (κ3) is 5.94. The Kier molecular flexibility index (Phi) is 5.76. The highest BCUT2D eigenvalue weighted by atomic mass is 127. The summed E-state index contributed by atoms with van der Waals surface area (Å²) in [6.07, 6.45) is -6.38. The van der Waals surface area contributed by atoms with Gasteiger partial charge in [0.15, 0.2) is 0 Å². The van der Waals surface area contributed by atoms with Crippen LogP contribution >= 0.6 is 22.6 Å². The molecule has 0 aliphatic heterocycles. The standard InChI is InChI=1S/C9H10F5IN2O/c10-8(11)5-18-4-7-6(15)3-17(16-7)2-1-9(12,13)14/h3,8H,1-2,4-5H2. The zero-order chi connectivity index (χ0) is 13.8. The fourth-order valence-corrected chi connectivity index (χ4v) is 1.72. The topological polar surface area (TPSA) is 27.1 Å². The van der Waals surface area contributed by atoms with Gasteiger partial charge in [-0.2, -0.15) is 18.3 Å². The highest BCUT2D eigenvalue weighted by Gasteiger charge is 2.27. The van der Waals surface area contributed by atoms with Crippen molar-refractivity contribution in [1.82, 2.24) is 9.78 Å². The van der Waals surface area contributed by atoms with Crippen molar-refractivity contribution >= 4 is 22.6 Å². The van der Waals surface area contributed by atoms with Crippen LogP contribution in [0.15, 0.2) is 6.20 Å². The highest BCUT2D eigenvalue weighted by molar-refractivity contribution is 14.1. The fourth-order valence-electron chi connectivity index (χ4n) is 1.14. The maximum atomic E-state index is 12.0. The number of aromatic nitrogens is 2. The molecule has 0 N–H and O–H groups in total. The van der Waals surface area contributed by atoms with E-state index in [2.05, 4.69) is 9.84 Å². The average molecular weight is 384 g/mol. The Morgan fingerprint density at radius 2 is 2.06 bits per heavy atom. The van der Waals surface area contributed by atoms with E-state index in [0.717, 1.165) is 4.68 Å². The highest BCUT2D eigenvalue weighted by Crippen LogP contribution is 2.21. The lowest BCUT2D eigenvalue weighted by Crippen LogP contribution is -2.12. The zero-order valence-corrected chi connectivity index (χ0v) is 11.2. The molecule has 18 heavy (non-hydrogen) atoms. The lowest BCUT2D eigenvalue weighted by Gasteiger charge is -2.05. The molecule has 0 unspecified atom stereocenters. The van der Waals surface area contributed by atoms with Gasteiger partial charge in [0.05, 0.1) is 16.6 Å². The van der Waals surface area contributed by atoms with Crippen LogP contribution in [-0.4, -0.2) is 29.0 Å². The number of nitrogens with zero attached hydrogens (tertiary/aromatic N) is 2. The van der Waals surface area contributed by atoms with Gasteiger partial charge in [0.2, 0.25) is 0 Å². The molecule has 0 saturated heterocycles. The summed E-state index contributed by atoms with van der Waals surface area (Å²) in [7, 11) is 0. The minimum atomic E-state index is -4.25. The second-order valence-corrected chi connectivity index (χ2v) is 4.62. The molecule has 0 aliphatic carbocycles. The number of rotatable bonds is 6. The first-order valence-electron chi connectivity index (χ1n) is 4.92. The summed E-state index contributed by atoms with van der Waals surface area (Å²) in [6, 6.07) is 0. The average Bonchev–Trinajstić information content (AvgIpc) is 2.55. The molecule has 0 amide bonds. The van der Waals surface area contributed by atoms with Crippen molar-refractivity contribution in [2.45, 2.75) is 32.2 Å². The molecule has 1 heterocycles. The number of hydrogen-bond acceptors (Lipinski definition) is 2. The molecule has 0 bridgehead atoms. The van der Waals surface area contributed by atoms with E-state index in [1.807, 2.05) is 22.6 Å². The SMILES string of the molecule is FC(F)COCc1nn(CCC(F)(F)F)cc1I. The van der Waals surface area contributed by atoms with Gasteiger partial charge in [-0.3, -0.25) is 4.68 Å². The minimum absolute atomic E-state index is 0.137. The molecular formula is C9H10F5IN2O. The van der Waals surface area contributed by atoms with Crippen LogP contribution in [0.5, 0.6) is 0 Å². The van der Waals surface area contributed by atoms with Crippen LogP contribution in [0.4, 0.5) is 22.0 Å². The maximum absolute atomic E-state index is 12.0. The number of ether oxygens (including phenoxy) is 1. The van der Waals surface area contributed by atoms with E-state index in [9.17, 15) is 22.0 Å². The fraction of sp³-hybridized carbons (Fsp3) is 0.667. The van der Waals surface area contributed by atoms with Crippen LogP contribution in [0.3, 0.4) is 0 Å². The monoisotopic (exact) mass is 384 g/mol. The van der Waals surface area contributed by atoms with E-state index in [-0.39, 0.29) is 13.2 Å². The predicted molar refractivity (Wildman–Crippen MR) is 61.3 cm³/mol. The van der Waals surface area contributed by atoms with Gasteiger partial charge in [0.1, 0.15) is 12.3 Å². The Hall–Kier alpha value is -0.450. The Labute approximate surface area is 113 Å². The number of aryl methyl sites for hydroxylation is 1. The van der Waals surface area contributed by atoms with Crippen molar-refractivity contribution in [2.75, 3.05) is 6.61 Å². The lowest BCUT2D eigenvalue weighted by molar-refractivity contribution is -0.137. The first-order chi connectivity index (χ1) is 8.28. The Bertz CT molecular complexity index is 380. The molecule has 0 radical (unpaired) electrons. The Morgan fingerprint density at radius 3 is 2.61 bits per heavy atom. The Balaban J connectivity index is 2.48. The number of alkyl halides is 5. The first kappa shape index (κ1) is 15.6. The van der Waals surface area contributed by atoms with E-state index in [4.69, 9.17) is 0 Å². The molecule has 0 atom stereocenters. The molecular weight excluding hydrogens is 374 g/mol. The minimum Gasteiger partial charge on any atom is -0.369 e. The number of hydrogen-bond donors (Lipinski definition) is 0. The van der Waals surface area contributed by atoms with Gasteiger partial charge in [-0.15, -0.1) is 0 Å². The van der Waals surface area contributed by atoms with Crippen LogP contribution in [0, 0.1) is 3.57 Å². The molecule has 0 saturated carbocycles. The third-order valence-corrected chi connectivity index (χ3v) is 2.80. The molecule has 104 valence electrons. The van der Waals surface area contributed by atoms with Gasteiger partial charge >= 0.3 is 6.18 Å². The van der Waals surface area contributed by atoms with E-state index < -0.39 is 25.6 Å². The molecule has 9 heteroatoms. The maximum Gasteiger partial charge on any atom is 0.390 e. The summed E-state index contributed by atoms with van der Waals surface area (Å²) in [5, 5.41) is 3.85. The van der Waals surface area contributed by atoms with Crippen molar-refractivity contribution in [3.8, 4) is 0 Å². The van der Waals surface area contributed by atoms with Crippen molar-refractivity contribution in [1.29, 1.82) is 0 Å². The van der Waals surface area contributed by atoms with Gasteiger partial charge in [-0.05, 0) is 22.6 Å². The van der Waals surface area contributed by atoms with Crippen molar-refractivity contribution in [3.63, 3.8) is 0 Å². The molecule has 1 aromatic heterocycles. The van der Waals surface area contributed by atoms with Crippen LogP contribution in [0.1, 0.15) is 12.1 Å². The van der Waals surface area contributed by atoms with E-state index in [1.54, 1.807) is 0 Å². The molecule has 0 aromatic carbocycles. The summed E-state index contributed by atoms with van der Waals surface area (Å²) in [6.45, 7) is -1.15. The van der Waals surface area contributed by atoms with E-state index in [0.29, 0.717) is 9.26 Å². The van der Waals surface area contributed by atoms with Gasteiger partial charge in [0.25, 0.3) is 6.43 Å². The second kappa shape index (κ2) is 6.64.